The summed E-state index contributed by atoms with van der Waals surface area (Å²) in [5.74, 6) is -0.795. The Labute approximate surface area is 191 Å². The molecule has 1 aliphatic rings. The summed E-state index contributed by atoms with van der Waals surface area (Å²) in [6.07, 6.45) is 0.489. The van der Waals surface area contributed by atoms with Gasteiger partial charge in [0.25, 0.3) is 0 Å². The molecule has 168 valence electrons. The molecule has 6 nitrogen and oxygen atoms in total. The molecule has 3 aromatic rings. The molecule has 0 saturated heterocycles. The van der Waals surface area contributed by atoms with Gasteiger partial charge < -0.3 is 0 Å². The number of hydrogen-bond donors (Lipinski definition) is 1. The fourth-order valence-electron chi connectivity index (χ4n) is 3.59. The largest absolute Gasteiger partial charge is 0.283 e. The molecular formula is C22H20ClFN2O4S2. The molecule has 1 N–H and O–H groups in total. The van der Waals surface area contributed by atoms with E-state index in [1.807, 2.05) is 0 Å². The highest BCUT2D eigenvalue weighted by atomic mass is 35.5. The van der Waals surface area contributed by atoms with Crippen LogP contribution in [-0.4, -0.2) is 27.7 Å². The number of hydrogen-bond acceptors (Lipinski definition) is 4. The van der Waals surface area contributed by atoms with Crippen molar-refractivity contribution in [2.45, 2.75) is 23.6 Å². The molecule has 0 saturated carbocycles. The first-order valence-electron chi connectivity index (χ1n) is 9.75. The van der Waals surface area contributed by atoms with Crippen LogP contribution in [0, 0.1) is 5.82 Å². The second kappa shape index (κ2) is 8.82. The summed E-state index contributed by atoms with van der Waals surface area (Å²) in [6.45, 7) is 0.374. The Kier molecular flexibility index (Phi) is 6.26. The number of nitrogens with one attached hydrogen (secondary N) is 1. The summed E-state index contributed by atoms with van der Waals surface area (Å²) >= 11 is 6.07. The molecule has 0 aromatic heterocycles. The normalized spacial score (nSPS) is 14.7. The Balaban J connectivity index is 1.54. The third-order valence-corrected chi connectivity index (χ3v) is 8.68. The van der Waals surface area contributed by atoms with Gasteiger partial charge in [-0.25, -0.2) is 21.2 Å². The molecule has 1 aliphatic heterocycles. The van der Waals surface area contributed by atoms with E-state index in [1.165, 1.54) is 16.4 Å². The molecule has 0 aliphatic carbocycles. The van der Waals surface area contributed by atoms with Crippen molar-refractivity contribution in [2.24, 2.45) is 0 Å². The van der Waals surface area contributed by atoms with E-state index < -0.39 is 25.9 Å². The first-order valence-corrected chi connectivity index (χ1v) is 13.2. The van der Waals surface area contributed by atoms with Crippen LogP contribution in [-0.2, 0) is 38.8 Å². The van der Waals surface area contributed by atoms with Crippen LogP contribution in [0.5, 0.6) is 0 Å². The van der Waals surface area contributed by atoms with Crippen molar-refractivity contribution in [3.8, 4) is 0 Å². The van der Waals surface area contributed by atoms with Crippen LogP contribution < -0.4 is 4.72 Å². The molecule has 0 radical (unpaired) electrons. The first kappa shape index (κ1) is 22.7. The van der Waals surface area contributed by atoms with E-state index in [1.54, 1.807) is 42.5 Å². The van der Waals surface area contributed by atoms with Crippen molar-refractivity contribution in [2.75, 3.05) is 11.3 Å². The Morgan fingerprint density at radius 3 is 2.38 bits per heavy atom. The third-order valence-electron chi connectivity index (χ3n) is 5.21. The van der Waals surface area contributed by atoms with Gasteiger partial charge >= 0.3 is 0 Å². The Hall–Kier alpha value is -2.46. The van der Waals surface area contributed by atoms with Crippen LogP contribution in [0.25, 0.3) is 0 Å². The van der Waals surface area contributed by atoms with E-state index in [0.717, 1.165) is 17.7 Å². The van der Waals surface area contributed by atoms with Crippen molar-refractivity contribution in [1.29, 1.82) is 0 Å². The number of nitrogens with zero attached hydrogens (tertiary/aromatic N) is 1. The topological polar surface area (TPSA) is 83.6 Å². The molecule has 0 amide bonds. The predicted octanol–water partition coefficient (Wildman–Crippen LogP) is 4.17. The summed E-state index contributed by atoms with van der Waals surface area (Å²) in [5, 5.41) is 0.366. The number of anilines is 1. The van der Waals surface area contributed by atoms with Crippen molar-refractivity contribution >= 4 is 37.3 Å². The lowest BCUT2D eigenvalue weighted by molar-refractivity contribution is 0.391. The monoisotopic (exact) mass is 494 g/mol. The van der Waals surface area contributed by atoms with Gasteiger partial charge in [-0.05, 0) is 65.6 Å². The molecule has 0 fully saturated rings. The highest BCUT2D eigenvalue weighted by Crippen LogP contribution is 2.28. The van der Waals surface area contributed by atoms with Gasteiger partial charge in [0.2, 0.25) is 20.0 Å². The molecule has 4 rings (SSSR count). The molecule has 3 aromatic carbocycles. The lowest BCUT2D eigenvalue weighted by atomic mass is 10.0. The maximum Gasteiger partial charge on any atom is 0.243 e. The highest BCUT2D eigenvalue weighted by molar-refractivity contribution is 7.92. The number of fused-ring (bicyclic) bond motifs is 1. The summed E-state index contributed by atoms with van der Waals surface area (Å²) in [7, 11) is -7.53. The van der Waals surface area contributed by atoms with Crippen LogP contribution in [0.3, 0.4) is 0 Å². The zero-order valence-corrected chi connectivity index (χ0v) is 19.2. The quantitative estimate of drug-likeness (QED) is 0.557. The van der Waals surface area contributed by atoms with Crippen molar-refractivity contribution in [3.05, 3.63) is 94.3 Å². The number of rotatable bonds is 6. The Morgan fingerprint density at radius 2 is 1.66 bits per heavy atom. The van der Waals surface area contributed by atoms with Gasteiger partial charge in [0.15, 0.2) is 0 Å². The van der Waals surface area contributed by atoms with Crippen LogP contribution in [0.4, 0.5) is 10.1 Å². The molecule has 32 heavy (non-hydrogen) atoms. The van der Waals surface area contributed by atoms with E-state index in [0.29, 0.717) is 28.3 Å². The minimum Gasteiger partial charge on any atom is -0.283 e. The fourth-order valence-corrected chi connectivity index (χ4v) is 6.51. The van der Waals surface area contributed by atoms with E-state index in [9.17, 15) is 21.2 Å². The Bertz CT molecular complexity index is 1360. The number of sulfonamides is 2. The van der Waals surface area contributed by atoms with Crippen LogP contribution in [0.1, 0.15) is 16.7 Å². The summed E-state index contributed by atoms with van der Waals surface area (Å²) in [4.78, 5) is 0.0129. The highest BCUT2D eigenvalue weighted by Gasteiger charge is 2.28. The van der Waals surface area contributed by atoms with Crippen molar-refractivity contribution in [3.63, 3.8) is 0 Å². The van der Waals surface area contributed by atoms with Gasteiger partial charge in [0.1, 0.15) is 5.82 Å². The third kappa shape index (κ3) is 4.96. The predicted molar refractivity (Wildman–Crippen MR) is 122 cm³/mol. The van der Waals surface area contributed by atoms with Gasteiger partial charge in [0.05, 0.1) is 10.6 Å². The molecule has 0 spiro atoms. The van der Waals surface area contributed by atoms with Crippen molar-refractivity contribution < 1.29 is 21.2 Å². The minimum absolute atomic E-state index is 0.0129. The van der Waals surface area contributed by atoms with E-state index >= 15 is 0 Å². The minimum atomic E-state index is -3.80. The molecule has 0 unspecified atom stereocenters. The average molecular weight is 495 g/mol. The van der Waals surface area contributed by atoms with Crippen LogP contribution >= 0.6 is 11.6 Å². The van der Waals surface area contributed by atoms with Gasteiger partial charge in [-0.3, -0.25) is 4.72 Å². The lowest BCUT2D eigenvalue weighted by Gasteiger charge is -2.28. The molecular weight excluding hydrogens is 475 g/mol. The average Bonchev–Trinajstić information content (AvgIpc) is 2.75. The summed E-state index contributed by atoms with van der Waals surface area (Å²) < 4.78 is 68.1. The standard InChI is InChI=1S/C22H20ClFN2O4S2/c23-22-4-2-1-3-17(22)15-31(27,28)25-20-8-5-16-11-12-26(14-18(16)13-20)32(29,30)21-9-6-19(24)7-10-21/h1-10,13,25H,11-12,14-15H2. The smallest absolute Gasteiger partial charge is 0.243 e. The summed E-state index contributed by atoms with van der Waals surface area (Å²) in [5.41, 5.74) is 2.48. The molecule has 0 atom stereocenters. The fraction of sp³-hybridized carbons (Fsp3) is 0.182. The van der Waals surface area contributed by atoms with Gasteiger partial charge in [-0.1, -0.05) is 35.9 Å². The molecule has 0 bridgehead atoms. The van der Waals surface area contributed by atoms with Gasteiger partial charge in [-0.2, -0.15) is 4.31 Å². The van der Waals surface area contributed by atoms with E-state index in [-0.39, 0.29) is 23.7 Å². The number of halogens is 2. The maximum atomic E-state index is 13.2. The zero-order chi connectivity index (χ0) is 22.9. The number of benzene rings is 3. The summed E-state index contributed by atoms with van der Waals surface area (Å²) in [6, 6.07) is 16.5. The zero-order valence-electron chi connectivity index (χ0n) is 16.8. The first-order chi connectivity index (χ1) is 15.1. The maximum absolute atomic E-state index is 13.2. The van der Waals surface area contributed by atoms with Crippen LogP contribution in [0.2, 0.25) is 5.02 Å². The molecule has 10 heteroatoms. The van der Waals surface area contributed by atoms with Crippen LogP contribution in [0.15, 0.2) is 71.6 Å². The second-order valence-corrected chi connectivity index (χ2v) is 11.5. The van der Waals surface area contributed by atoms with Gasteiger partial charge in [-0.15, -0.1) is 0 Å². The van der Waals surface area contributed by atoms with E-state index in [2.05, 4.69) is 4.72 Å². The Morgan fingerprint density at radius 1 is 0.938 bits per heavy atom. The van der Waals surface area contributed by atoms with E-state index in [4.69, 9.17) is 11.6 Å². The second-order valence-electron chi connectivity index (χ2n) is 7.48. The van der Waals surface area contributed by atoms with Gasteiger partial charge in [0, 0.05) is 23.8 Å². The van der Waals surface area contributed by atoms with Crippen molar-refractivity contribution in [1.82, 2.24) is 4.31 Å². The SMILES string of the molecule is O=S(=O)(Cc1ccccc1Cl)Nc1ccc2c(c1)CN(S(=O)(=O)c1ccc(F)cc1)CC2. The lowest BCUT2D eigenvalue weighted by Crippen LogP contribution is -2.36. The molecule has 1 heterocycles.